The van der Waals surface area contributed by atoms with Gasteiger partial charge in [-0.05, 0) is 25.5 Å². The van der Waals surface area contributed by atoms with Crippen LogP contribution in [-0.4, -0.2) is 53.5 Å². The van der Waals surface area contributed by atoms with E-state index in [0.717, 1.165) is 0 Å². The summed E-state index contributed by atoms with van der Waals surface area (Å²) < 4.78 is 65.3. The van der Waals surface area contributed by atoms with Gasteiger partial charge in [-0.15, -0.1) is 0 Å². The highest BCUT2D eigenvalue weighted by atomic mass is 32.2. The molecule has 1 unspecified atom stereocenters. The topological polar surface area (TPSA) is 93.4 Å². The van der Waals surface area contributed by atoms with Crippen molar-refractivity contribution in [2.45, 2.75) is 25.6 Å². The summed E-state index contributed by atoms with van der Waals surface area (Å²) in [5, 5.41) is 3.29. The number of hydrogen-bond donors (Lipinski definition) is 0. The van der Waals surface area contributed by atoms with Crippen molar-refractivity contribution in [2.24, 2.45) is 0 Å². The summed E-state index contributed by atoms with van der Waals surface area (Å²) in [4.78, 5) is 17.5. The van der Waals surface area contributed by atoms with Crippen LogP contribution in [0.15, 0.2) is 28.8 Å². The first kappa shape index (κ1) is 19.3. The third kappa shape index (κ3) is 4.29. The molecule has 2 aromatic rings. The third-order valence-electron chi connectivity index (χ3n) is 4.34. The minimum atomic E-state index is -4.73. The van der Waals surface area contributed by atoms with E-state index in [1.165, 1.54) is 29.2 Å². The molecule has 0 spiro atoms. The summed E-state index contributed by atoms with van der Waals surface area (Å²) >= 11 is 0. The molecule has 0 N–H and O–H groups in total. The minimum absolute atomic E-state index is 0.0379. The van der Waals surface area contributed by atoms with Crippen LogP contribution in [0, 0.1) is 0 Å². The Balaban J connectivity index is 1.78. The van der Waals surface area contributed by atoms with Crippen molar-refractivity contribution >= 4 is 15.7 Å². The summed E-state index contributed by atoms with van der Waals surface area (Å²) in [6.07, 6.45) is -4.38. The SMILES string of the molecule is CC1CCS(=O)(=O)CCN1C(=O)c1ccc(-c2noc(C(F)(F)F)n2)cc1. The molecule has 1 aromatic carbocycles. The molecular formula is C16H16F3N3O4S. The van der Waals surface area contributed by atoms with E-state index >= 15 is 0 Å². The normalized spacial score (nSPS) is 20.3. The monoisotopic (exact) mass is 403 g/mol. The van der Waals surface area contributed by atoms with Gasteiger partial charge in [0.15, 0.2) is 9.84 Å². The Morgan fingerprint density at radius 1 is 1.22 bits per heavy atom. The first-order valence-electron chi connectivity index (χ1n) is 8.09. The molecule has 0 saturated carbocycles. The maximum atomic E-state index is 12.7. The molecule has 0 bridgehead atoms. The van der Waals surface area contributed by atoms with Crippen molar-refractivity contribution < 1.29 is 30.9 Å². The van der Waals surface area contributed by atoms with Gasteiger partial charge in [0.25, 0.3) is 5.91 Å². The van der Waals surface area contributed by atoms with Crippen molar-refractivity contribution in [3.63, 3.8) is 0 Å². The number of sulfone groups is 1. The van der Waals surface area contributed by atoms with Gasteiger partial charge in [0.1, 0.15) is 0 Å². The quantitative estimate of drug-likeness (QED) is 0.765. The van der Waals surface area contributed by atoms with Crippen molar-refractivity contribution in [1.82, 2.24) is 15.0 Å². The molecule has 146 valence electrons. The highest BCUT2D eigenvalue weighted by molar-refractivity contribution is 7.91. The van der Waals surface area contributed by atoms with Gasteiger partial charge in [0, 0.05) is 23.7 Å². The maximum Gasteiger partial charge on any atom is 0.471 e. The van der Waals surface area contributed by atoms with Crippen LogP contribution in [0.3, 0.4) is 0 Å². The fourth-order valence-corrected chi connectivity index (χ4v) is 4.13. The van der Waals surface area contributed by atoms with Crippen LogP contribution in [0.25, 0.3) is 11.4 Å². The molecule has 1 aromatic heterocycles. The first-order chi connectivity index (χ1) is 12.6. The average molecular weight is 403 g/mol. The van der Waals surface area contributed by atoms with E-state index in [1.54, 1.807) is 6.92 Å². The molecule has 0 aliphatic carbocycles. The lowest BCUT2D eigenvalue weighted by atomic mass is 10.1. The van der Waals surface area contributed by atoms with Gasteiger partial charge in [-0.2, -0.15) is 18.2 Å². The molecule has 1 aliphatic rings. The maximum absolute atomic E-state index is 12.7. The van der Waals surface area contributed by atoms with Crippen molar-refractivity contribution in [2.75, 3.05) is 18.1 Å². The molecule has 1 fully saturated rings. The Labute approximate surface area is 153 Å². The number of alkyl halides is 3. The molecule has 1 amide bonds. The summed E-state index contributed by atoms with van der Waals surface area (Å²) in [5.74, 6) is -2.08. The fourth-order valence-electron chi connectivity index (χ4n) is 2.75. The number of benzene rings is 1. The smallest absolute Gasteiger partial charge is 0.335 e. The van der Waals surface area contributed by atoms with Crippen LogP contribution in [0.2, 0.25) is 0 Å². The molecule has 11 heteroatoms. The van der Waals surface area contributed by atoms with Crippen LogP contribution < -0.4 is 0 Å². The number of carbonyl (C=O) groups is 1. The summed E-state index contributed by atoms with van der Waals surface area (Å²) in [6.45, 7) is 1.88. The van der Waals surface area contributed by atoms with Gasteiger partial charge >= 0.3 is 12.1 Å². The van der Waals surface area contributed by atoms with Gasteiger partial charge in [-0.3, -0.25) is 4.79 Å². The predicted molar refractivity (Wildman–Crippen MR) is 88.5 cm³/mol. The van der Waals surface area contributed by atoms with Gasteiger partial charge in [-0.25, -0.2) is 8.42 Å². The van der Waals surface area contributed by atoms with Gasteiger partial charge in [0.05, 0.1) is 11.5 Å². The van der Waals surface area contributed by atoms with Gasteiger partial charge < -0.3 is 9.42 Å². The zero-order chi connectivity index (χ0) is 19.8. The standard InChI is InChI=1S/C16H16F3N3O4S/c1-10-6-8-27(24,25)9-7-22(10)14(23)12-4-2-11(3-5-12)13-20-15(26-21-13)16(17,18)19/h2-5,10H,6-9H2,1H3. The van der Waals surface area contributed by atoms with Gasteiger partial charge in [-0.1, -0.05) is 17.3 Å². The fraction of sp³-hybridized carbons (Fsp3) is 0.438. The van der Waals surface area contributed by atoms with E-state index in [-0.39, 0.29) is 41.4 Å². The molecule has 1 atom stereocenters. The number of halogens is 3. The van der Waals surface area contributed by atoms with Crippen molar-refractivity contribution in [3.05, 3.63) is 35.7 Å². The number of rotatable bonds is 2. The number of aromatic nitrogens is 2. The van der Waals surface area contributed by atoms with Crippen LogP contribution >= 0.6 is 0 Å². The van der Waals surface area contributed by atoms with Crippen LogP contribution in [-0.2, 0) is 16.0 Å². The van der Waals surface area contributed by atoms with E-state index < -0.39 is 21.9 Å². The second kappa shape index (κ2) is 6.95. The zero-order valence-electron chi connectivity index (χ0n) is 14.2. The Kier molecular flexibility index (Phi) is 4.98. The van der Waals surface area contributed by atoms with E-state index in [4.69, 9.17) is 0 Å². The molecule has 1 aliphatic heterocycles. The average Bonchev–Trinajstić information content (AvgIpc) is 3.06. The summed E-state index contributed by atoms with van der Waals surface area (Å²) in [6, 6.07) is 5.47. The highest BCUT2D eigenvalue weighted by Gasteiger charge is 2.38. The van der Waals surface area contributed by atoms with Crippen molar-refractivity contribution in [1.29, 1.82) is 0 Å². The lowest BCUT2D eigenvalue weighted by Gasteiger charge is -2.26. The Morgan fingerprint density at radius 2 is 1.89 bits per heavy atom. The largest absolute Gasteiger partial charge is 0.471 e. The lowest BCUT2D eigenvalue weighted by molar-refractivity contribution is -0.159. The summed E-state index contributed by atoms with van der Waals surface area (Å²) in [5.41, 5.74) is 0.557. The number of amides is 1. The number of nitrogens with zero attached hydrogens (tertiary/aromatic N) is 3. The van der Waals surface area contributed by atoms with Crippen LogP contribution in [0.1, 0.15) is 29.6 Å². The molecule has 27 heavy (non-hydrogen) atoms. The first-order valence-corrected chi connectivity index (χ1v) is 9.92. The molecule has 1 saturated heterocycles. The minimum Gasteiger partial charge on any atom is -0.335 e. The van der Waals surface area contributed by atoms with Crippen LogP contribution in [0.5, 0.6) is 0 Å². The second-order valence-electron chi connectivity index (χ2n) is 6.29. The molecule has 2 heterocycles. The van der Waals surface area contributed by atoms with Crippen molar-refractivity contribution in [3.8, 4) is 11.4 Å². The lowest BCUT2D eigenvalue weighted by Crippen LogP contribution is -2.39. The Bertz CT molecular complexity index is 939. The summed E-state index contributed by atoms with van der Waals surface area (Å²) in [7, 11) is -3.17. The Hall–Kier alpha value is -2.43. The van der Waals surface area contributed by atoms with Gasteiger partial charge in [0.2, 0.25) is 5.82 Å². The third-order valence-corrected chi connectivity index (χ3v) is 6.00. The number of carbonyl (C=O) groups excluding carboxylic acids is 1. The van der Waals surface area contributed by atoms with Crippen LogP contribution in [0.4, 0.5) is 13.2 Å². The Morgan fingerprint density at radius 3 is 2.48 bits per heavy atom. The van der Waals surface area contributed by atoms with E-state index in [2.05, 4.69) is 14.7 Å². The van der Waals surface area contributed by atoms with E-state index in [0.29, 0.717) is 12.0 Å². The molecule has 0 radical (unpaired) electrons. The highest BCUT2D eigenvalue weighted by Crippen LogP contribution is 2.29. The predicted octanol–water partition coefficient (Wildman–Crippen LogP) is 2.40. The molecule has 3 rings (SSSR count). The molecule has 7 nitrogen and oxygen atoms in total. The second-order valence-corrected chi connectivity index (χ2v) is 8.59. The molecular weight excluding hydrogens is 387 g/mol. The zero-order valence-corrected chi connectivity index (χ0v) is 15.0. The van der Waals surface area contributed by atoms with E-state index in [9.17, 15) is 26.4 Å². The van der Waals surface area contributed by atoms with E-state index in [1.807, 2.05) is 0 Å². The number of hydrogen-bond acceptors (Lipinski definition) is 6.